The predicted molar refractivity (Wildman–Crippen MR) is 93.3 cm³/mol. The van der Waals surface area contributed by atoms with Crippen LogP contribution in [-0.4, -0.2) is 41.2 Å². The lowest BCUT2D eigenvalue weighted by atomic mass is 10.2. The first-order valence-electron chi connectivity index (χ1n) is 6.67. The summed E-state index contributed by atoms with van der Waals surface area (Å²) in [6.07, 6.45) is 5.17. The molecule has 0 aliphatic carbocycles. The van der Waals surface area contributed by atoms with Crippen molar-refractivity contribution in [3.8, 4) is 5.75 Å². The lowest BCUT2D eigenvalue weighted by Crippen LogP contribution is -2.19. The maximum Gasteiger partial charge on any atom is 0.250 e. The maximum atomic E-state index is 11.7. The van der Waals surface area contributed by atoms with Crippen LogP contribution < -0.4 is 10.2 Å². The molecule has 0 bridgehead atoms. The number of carbonyl (C=O) groups is 1. The van der Waals surface area contributed by atoms with Gasteiger partial charge in [-0.3, -0.25) is 4.79 Å². The van der Waals surface area contributed by atoms with Crippen molar-refractivity contribution in [2.45, 2.75) is 10.2 Å². The van der Waals surface area contributed by atoms with Crippen molar-refractivity contribution < 1.29 is 9.53 Å². The molecule has 0 aliphatic rings. The van der Waals surface area contributed by atoms with Crippen LogP contribution in [0.1, 0.15) is 5.56 Å². The molecule has 0 spiro atoms. The second-order valence-corrected chi connectivity index (χ2v) is 6.01. The van der Waals surface area contributed by atoms with Crippen molar-refractivity contribution in [2.24, 2.45) is 5.10 Å². The fourth-order valence-electron chi connectivity index (χ4n) is 1.54. The smallest absolute Gasteiger partial charge is 0.250 e. The number of hydrogen-bond donors (Lipinski definition) is 1. The van der Waals surface area contributed by atoms with Gasteiger partial charge < -0.3 is 4.74 Å². The molecule has 0 radical (unpaired) electrons. The summed E-state index contributed by atoms with van der Waals surface area (Å²) in [5.41, 5.74) is 3.36. The number of aromatic nitrogens is 2. The summed E-state index contributed by atoms with van der Waals surface area (Å²) < 4.78 is 5.07. The van der Waals surface area contributed by atoms with Gasteiger partial charge in [0, 0.05) is 6.20 Å². The first kappa shape index (κ1) is 17.3. The predicted octanol–water partition coefficient (Wildman–Crippen LogP) is 2.45. The van der Waals surface area contributed by atoms with Gasteiger partial charge >= 0.3 is 0 Å². The van der Waals surface area contributed by atoms with Crippen LogP contribution in [0, 0.1) is 0 Å². The van der Waals surface area contributed by atoms with Crippen LogP contribution in [0.25, 0.3) is 0 Å². The Bertz CT molecular complexity index is 677. The third-order valence-electron chi connectivity index (χ3n) is 2.66. The Morgan fingerprint density at radius 2 is 2.13 bits per heavy atom. The number of rotatable bonds is 7. The van der Waals surface area contributed by atoms with Gasteiger partial charge in [0.2, 0.25) is 5.91 Å². The summed E-state index contributed by atoms with van der Waals surface area (Å²) in [7, 11) is 1.61. The van der Waals surface area contributed by atoms with Crippen LogP contribution in [0.2, 0.25) is 0 Å². The molecule has 1 aromatic carbocycles. The number of methoxy groups -OCH3 is 1. The van der Waals surface area contributed by atoms with E-state index in [1.165, 1.54) is 23.5 Å². The topological polar surface area (TPSA) is 76.5 Å². The van der Waals surface area contributed by atoms with E-state index in [1.54, 1.807) is 25.6 Å². The van der Waals surface area contributed by atoms with Crippen molar-refractivity contribution in [2.75, 3.05) is 19.1 Å². The second-order valence-electron chi connectivity index (χ2n) is 4.24. The molecule has 1 N–H and O–H groups in total. The number of nitrogens with zero attached hydrogens (tertiary/aromatic N) is 3. The summed E-state index contributed by atoms with van der Waals surface area (Å²) >= 11 is 2.81. The summed E-state index contributed by atoms with van der Waals surface area (Å²) in [5, 5.41) is 5.38. The molecular formula is C15H16N4O2S2. The van der Waals surface area contributed by atoms with Crippen LogP contribution in [0.3, 0.4) is 0 Å². The Labute approximate surface area is 143 Å². The zero-order valence-corrected chi connectivity index (χ0v) is 14.4. The van der Waals surface area contributed by atoms with Crippen molar-refractivity contribution in [3.63, 3.8) is 0 Å². The lowest BCUT2D eigenvalue weighted by Gasteiger charge is -2.01. The third kappa shape index (κ3) is 5.91. The highest BCUT2D eigenvalue weighted by Gasteiger charge is 2.04. The minimum atomic E-state index is -0.191. The van der Waals surface area contributed by atoms with Crippen molar-refractivity contribution in [1.82, 2.24) is 15.4 Å². The zero-order chi connectivity index (χ0) is 16.5. The molecule has 1 heterocycles. The first-order valence-corrected chi connectivity index (χ1v) is 8.88. The van der Waals surface area contributed by atoms with Crippen LogP contribution in [0.5, 0.6) is 5.75 Å². The highest BCUT2D eigenvalue weighted by atomic mass is 32.2. The Kier molecular flexibility index (Phi) is 6.89. The quantitative estimate of drug-likeness (QED) is 0.272. The average molecular weight is 348 g/mol. The van der Waals surface area contributed by atoms with Crippen molar-refractivity contribution >= 4 is 35.6 Å². The number of hydrazone groups is 1. The Morgan fingerprint density at radius 3 is 2.83 bits per heavy atom. The number of thioether (sulfide) groups is 2. The number of ether oxygens (including phenoxy) is 1. The SMILES string of the molecule is COc1ccc(/C=N/NC(=O)CSc2ccnc(SC)n2)cc1. The highest BCUT2D eigenvalue weighted by Crippen LogP contribution is 2.17. The molecule has 0 aliphatic heterocycles. The first-order chi connectivity index (χ1) is 11.2. The molecule has 0 fully saturated rings. The largest absolute Gasteiger partial charge is 0.497 e. The molecule has 0 saturated carbocycles. The summed E-state index contributed by atoms with van der Waals surface area (Å²) in [5.74, 6) is 0.825. The fourth-order valence-corrected chi connectivity index (χ4v) is 2.61. The minimum Gasteiger partial charge on any atom is -0.497 e. The van der Waals surface area contributed by atoms with E-state index >= 15 is 0 Å². The fraction of sp³-hybridized carbons (Fsp3) is 0.200. The van der Waals surface area contributed by atoms with Crippen LogP contribution in [-0.2, 0) is 4.79 Å². The molecule has 8 heteroatoms. The summed E-state index contributed by atoms with van der Waals surface area (Å²) in [4.78, 5) is 20.1. The number of hydrogen-bond acceptors (Lipinski definition) is 7. The lowest BCUT2D eigenvalue weighted by molar-refractivity contribution is -0.118. The van der Waals surface area contributed by atoms with E-state index in [9.17, 15) is 4.79 Å². The number of benzene rings is 1. The maximum absolute atomic E-state index is 11.7. The Hall–Kier alpha value is -2.06. The van der Waals surface area contributed by atoms with E-state index in [4.69, 9.17) is 4.74 Å². The van der Waals surface area contributed by atoms with E-state index < -0.39 is 0 Å². The average Bonchev–Trinajstić information content (AvgIpc) is 2.61. The molecular weight excluding hydrogens is 332 g/mol. The van der Waals surface area contributed by atoms with E-state index in [1.807, 2.05) is 30.5 Å². The molecule has 2 aromatic rings. The van der Waals surface area contributed by atoms with Gasteiger partial charge in [0.05, 0.1) is 19.1 Å². The molecule has 1 aromatic heterocycles. The van der Waals surface area contributed by atoms with Crippen molar-refractivity contribution in [1.29, 1.82) is 0 Å². The van der Waals surface area contributed by atoms with Gasteiger partial charge in [0.25, 0.3) is 0 Å². The third-order valence-corrected chi connectivity index (χ3v) is 4.15. The van der Waals surface area contributed by atoms with E-state index in [2.05, 4.69) is 20.5 Å². The minimum absolute atomic E-state index is 0.191. The zero-order valence-electron chi connectivity index (χ0n) is 12.7. The molecule has 0 saturated heterocycles. The Balaban J connectivity index is 1.78. The monoisotopic (exact) mass is 348 g/mol. The highest BCUT2D eigenvalue weighted by molar-refractivity contribution is 8.00. The second kappa shape index (κ2) is 9.16. The van der Waals surface area contributed by atoms with Gasteiger partial charge in [0.1, 0.15) is 10.8 Å². The van der Waals surface area contributed by atoms with E-state index in [0.29, 0.717) is 5.16 Å². The number of nitrogens with one attached hydrogen (secondary N) is 1. The van der Waals surface area contributed by atoms with Crippen molar-refractivity contribution in [3.05, 3.63) is 42.1 Å². The molecule has 0 atom stereocenters. The molecule has 1 amide bonds. The standard InChI is InChI=1S/C15H16N4O2S2/c1-21-12-5-3-11(4-6-12)9-17-19-13(20)10-23-14-7-8-16-15(18-14)22-2/h3-9H,10H2,1-2H3,(H,19,20)/b17-9+. The van der Waals surface area contributed by atoms with Gasteiger partial charge in [0.15, 0.2) is 5.16 Å². The number of amides is 1. The summed E-state index contributed by atoms with van der Waals surface area (Å²) in [6, 6.07) is 9.15. The van der Waals surface area contributed by atoms with E-state index in [0.717, 1.165) is 16.3 Å². The molecule has 0 unspecified atom stereocenters. The normalized spacial score (nSPS) is 10.7. The van der Waals surface area contributed by atoms with Crippen LogP contribution in [0.4, 0.5) is 0 Å². The molecule has 120 valence electrons. The van der Waals surface area contributed by atoms with Gasteiger partial charge in [-0.25, -0.2) is 15.4 Å². The van der Waals surface area contributed by atoms with Crippen LogP contribution in [0.15, 0.2) is 51.8 Å². The molecule has 6 nitrogen and oxygen atoms in total. The van der Waals surface area contributed by atoms with Gasteiger partial charge in [-0.05, 0) is 42.2 Å². The molecule has 23 heavy (non-hydrogen) atoms. The Morgan fingerprint density at radius 1 is 1.35 bits per heavy atom. The van der Waals surface area contributed by atoms with E-state index in [-0.39, 0.29) is 11.7 Å². The van der Waals surface area contributed by atoms with Gasteiger partial charge in [-0.1, -0.05) is 23.5 Å². The number of carbonyl (C=O) groups excluding carboxylic acids is 1. The van der Waals surface area contributed by atoms with Crippen LogP contribution >= 0.6 is 23.5 Å². The summed E-state index contributed by atoms with van der Waals surface area (Å²) in [6.45, 7) is 0. The van der Waals surface area contributed by atoms with Gasteiger partial charge in [-0.2, -0.15) is 5.10 Å². The van der Waals surface area contributed by atoms with Gasteiger partial charge in [-0.15, -0.1) is 0 Å². The molecule has 2 rings (SSSR count).